The van der Waals surface area contributed by atoms with Crippen molar-refractivity contribution in [3.8, 4) is 0 Å². The van der Waals surface area contributed by atoms with E-state index >= 15 is 0 Å². The number of hydrogen-bond donors (Lipinski definition) is 2. The molecule has 6 heteroatoms. The van der Waals surface area contributed by atoms with E-state index in [9.17, 15) is 14.0 Å². The summed E-state index contributed by atoms with van der Waals surface area (Å²) in [5.41, 5.74) is 1.52. The van der Waals surface area contributed by atoms with Crippen molar-refractivity contribution in [2.75, 3.05) is 13.1 Å². The third kappa shape index (κ3) is 4.66. The Kier molecular flexibility index (Phi) is 6.05. The highest BCUT2D eigenvalue weighted by Gasteiger charge is 2.31. The van der Waals surface area contributed by atoms with Crippen LogP contribution in [0.4, 0.5) is 4.39 Å². The molecule has 2 N–H and O–H groups in total. The lowest BCUT2D eigenvalue weighted by molar-refractivity contribution is -0.134. The zero-order chi connectivity index (χ0) is 20.9. The van der Waals surface area contributed by atoms with Crippen molar-refractivity contribution >= 4 is 22.6 Å². The average molecular weight is 405 g/mol. The lowest BCUT2D eigenvalue weighted by Gasteiger charge is -2.34. The number of nitrogens with zero attached hydrogens (tertiary/aromatic N) is 1. The highest BCUT2D eigenvalue weighted by molar-refractivity contribution is 5.89. The quantitative estimate of drug-likeness (QED) is 0.663. The fraction of sp³-hybridized carbons (Fsp3) is 0.250. The van der Waals surface area contributed by atoms with E-state index in [4.69, 9.17) is 0 Å². The fourth-order valence-corrected chi connectivity index (χ4v) is 3.83. The minimum Gasteiger partial charge on any atom is -0.353 e. The van der Waals surface area contributed by atoms with E-state index in [1.807, 2.05) is 17.0 Å². The standard InChI is InChI=1S/C24H24FN3O2/c25-21-8-4-3-7-20(21)15-27-23(29)14-22-24(30)26-11-12-28(22)16-17-9-10-18-5-1-2-6-19(18)13-17/h1-10,13,22H,11-12,14-16H2,(H,26,30)(H,27,29). The van der Waals surface area contributed by atoms with Gasteiger partial charge in [-0.1, -0.05) is 54.6 Å². The molecule has 3 aromatic rings. The van der Waals surface area contributed by atoms with Crippen molar-refractivity contribution < 1.29 is 14.0 Å². The molecule has 3 aromatic carbocycles. The summed E-state index contributed by atoms with van der Waals surface area (Å²) in [6.45, 7) is 1.91. The van der Waals surface area contributed by atoms with Crippen molar-refractivity contribution in [2.24, 2.45) is 0 Å². The van der Waals surface area contributed by atoms with Crippen molar-refractivity contribution in [1.29, 1.82) is 0 Å². The summed E-state index contributed by atoms with van der Waals surface area (Å²) in [4.78, 5) is 27.0. The summed E-state index contributed by atoms with van der Waals surface area (Å²) in [5, 5.41) is 7.89. The van der Waals surface area contributed by atoms with Crippen LogP contribution in [0.3, 0.4) is 0 Å². The summed E-state index contributed by atoms with van der Waals surface area (Å²) < 4.78 is 13.8. The fourth-order valence-electron chi connectivity index (χ4n) is 3.83. The normalized spacial score (nSPS) is 17.0. The van der Waals surface area contributed by atoms with E-state index in [2.05, 4.69) is 41.0 Å². The Morgan fingerprint density at radius 3 is 2.67 bits per heavy atom. The summed E-state index contributed by atoms with van der Waals surface area (Å²) in [6, 6.07) is 20.2. The number of hydrogen-bond acceptors (Lipinski definition) is 3. The van der Waals surface area contributed by atoms with Crippen molar-refractivity contribution in [3.63, 3.8) is 0 Å². The Morgan fingerprint density at radius 2 is 1.83 bits per heavy atom. The molecule has 2 amide bonds. The first-order valence-corrected chi connectivity index (χ1v) is 10.1. The van der Waals surface area contributed by atoms with Gasteiger partial charge in [0.05, 0.1) is 12.5 Å². The van der Waals surface area contributed by atoms with Gasteiger partial charge in [0.25, 0.3) is 0 Å². The molecule has 1 aliphatic heterocycles. The minimum atomic E-state index is -0.550. The first-order chi connectivity index (χ1) is 14.6. The van der Waals surface area contributed by atoms with Gasteiger partial charge in [-0.15, -0.1) is 0 Å². The molecule has 1 unspecified atom stereocenters. The molecule has 0 bridgehead atoms. The Balaban J connectivity index is 1.42. The molecule has 0 saturated carbocycles. The SMILES string of the molecule is O=C(CC1C(=O)NCCN1Cc1ccc2ccccc2c1)NCc1ccccc1F. The molecule has 1 fully saturated rings. The first kappa shape index (κ1) is 20.0. The number of benzene rings is 3. The zero-order valence-corrected chi connectivity index (χ0v) is 16.6. The third-order valence-corrected chi connectivity index (χ3v) is 5.45. The second-order valence-corrected chi connectivity index (χ2v) is 7.53. The van der Waals surface area contributed by atoms with Gasteiger partial charge in [-0.2, -0.15) is 0 Å². The van der Waals surface area contributed by atoms with Crippen LogP contribution >= 0.6 is 0 Å². The van der Waals surface area contributed by atoms with Gasteiger partial charge in [-0.25, -0.2) is 4.39 Å². The van der Waals surface area contributed by atoms with Gasteiger partial charge < -0.3 is 10.6 Å². The minimum absolute atomic E-state index is 0.0356. The molecule has 0 radical (unpaired) electrons. The molecule has 1 heterocycles. The van der Waals surface area contributed by atoms with E-state index in [1.165, 1.54) is 11.5 Å². The molecule has 4 rings (SSSR count). The maximum absolute atomic E-state index is 13.8. The van der Waals surface area contributed by atoms with E-state index in [0.29, 0.717) is 25.2 Å². The highest BCUT2D eigenvalue weighted by atomic mass is 19.1. The van der Waals surface area contributed by atoms with Crippen LogP contribution in [0.5, 0.6) is 0 Å². The Labute approximate surface area is 174 Å². The third-order valence-electron chi connectivity index (χ3n) is 5.45. The predicted molar refractivity (Wildman–Crippen MR) is 114 cm³/mol. The van der Waals surface area contributed by atoms with Crippen LogP contribution in [0.2, 0.25) is 0 Å². The Hall–Kier alpha value is -3.25. The van der Waals surface area contributed by atoms with Crippen LogP contribution in [0.15, 0.2) is 66.7 Å². The van der Waals surface area contributed by atoms with Crippen LogP contribution in [-0.4, -0.2) is 35.8 Å². The van der Waals surface area contributed by atoms with Gasteiger partial charge >= 0.3 is 0 Å². The number of carbonyl (C=O) groups is 2. The monoisotopic (exact) mass is 405 g/mol. The number of fused-ring (bicyclic) bond motifs is 1. The van der Waals surface area contributed by atoms with Gasteiger partial charge in [0.2, 0.25) is 11.8 Å². The summed E-state index contributed by atoms with van der Waals surface area (Å²) >= 11 is 0. The number of amides is 2. The first-order valence-electron chi connectivity index (χ1n) is 10.1. The lowest BCUT2D eigenvalue weighted by atomic mass is 10.0. The number of halogens is 1. The Morgan fingerprint density at radius 1 is 1.07 bits per heavy atom. The molecule has 1 aliphatic rings. The summed E-state index contributed by atoms with van der Waals surface area (Å²) in [6.07, 6.45) is 0.0356. The van der Waals surface area contributed by atoms with E-state index < -0.39 is 6.04 Å². The summed E-state index contributed by atoms with van der Waals surface area (Å²) in [5.74, 6) is -0.780. The van der Waals surface area contributed by atoms with E-state index in [1.54, 1.807) is 18.2 Å². The maximum atomic E-state index is 13.8. The zero-order valence-electron chi connectivity index (χ0n) is 16.6. The molecule has 0 aromatic heterocycles. The molecule has 154 valence electrons. The number of carbonyl (C=O) groups excluding carboxylic acids is 2. The molecule has 0 spiro atoms. The second-order valence-electron chi connectivity index (χ2n) is 7.53. The molecule has 30 heavy (non-hydrogen) atoms. The lowest BCUT2D eigenvalue weighted by Crippen LogP contribution is -2.56. The molecular formula is C24H24FN3O2. The highest BCUT2D eigenvalue weighted by Crippen LogP contribution is 2.19. The maximum Gasteiger partial charge on any atom is 0.237 e. The van der Waals surface area contributed by atoms with Gasteiger partial charge in [0.1, 0.15) is 5.82 Å². The smallest absolute Gasteiger partial charge is 0.237 e. The Bertz CT molecular complexity index is 1070. The van der Waals surface area contributed by atoms with Crippen LogP contribution in [-0.2, 0) is 22.7 Å². The second kappa shape index (κ2) is 9.05. The number of piperazine rings is 1. The molecule has 5 nitrogen and oxygen atoms in total. The van der Waals surface area contributed by atoms with E-state index in [-0.39, 0.29) is 30.6 Å². The largest absolute Gasteiger partial charge is 0.353 e. The van der Waals surface area contributed by atoms with Gasteiger partial charge in [0, 0.05) is 31.7 Å². The van der Waals surface area contributed by atoms with Gasteiger partial charge in [0.15, 0.2) is 0 Å². The molecular weight excluding hydrogens is 381 g/mol. The van der Waals surface area contributed by atoms with Crippen LogP contribution in [0, 0.1) is 5.82 Å². The number of rotatable bonds is 6. The van der Waals surface area contributed by atoms with Crippen LogP contribution < -0.4 is 10.6 Å². The summed E-state index contributed by atoms with van der Waals surface area (Å²) in [7, 11) is 0. The van der Waals surface area contributed by atoms with Crippen molar-refractivity contribution in [3.05, 3.63) is 83.7 Å². The van der Waals surface area contributed by atoms with Gasteiger partial charge in [-0.3, -0.25) is 14.5 Å². The predicted octanol–water partition coefficient (Wildman–Crippen LogP) is 2.99. The average Bonchev–Trinajstić information content (AvgIpc) is 2.75. The van der Waals surface area contributed by atoms with Gasteiger partial charge in [-0.05, 0) is 28.5 Å². The van der Waals surface area contributed by atoms with E-state index in [0.717, 1.165) is 10.9 Å². The topological polar surface area (TPSA) is 61.4 Å². The molecule has 0 aliphatic carbocycles. The van der Waals surface area contributed by atoms with Crippen LogP contribution in [0.1, 0.15) is 17.5 Å². The van der Waals surface area contributed by atoms with Crippen molar-refractivity contribution in [2.45, 2.75) is 25.6 Å². The molecule has 1 saturated heterocycles. The van der Waals surface area contributed by atoms with Crippen molar-refractivity contribution in [1.82, 2.24) is 15.5 Å². The molecule has 1 atom stereocenters. The van der Waals surface area contributed by atoms with Crippen LogP contribution in [0.25, 0.3) is 10.8 Å². The number of nitrogens with one attached hydrogen (secondary N) is 2.